The number of hydrogen-bond acceptors (Lipinski definition) is 3. The summed E-state index contributed by atoms with van der Waals surface area (Å²) < 4.78 is 6.59. The quantitative estimate of drug-likeness (QED) is 0.741. The normalized spacial score (nSPS) is 27.9. The average Bonchev–Trinajstić information content (AvgIpc) is 2.53. The molecule has 1 N–H and O–H groups in total. The van der Waals surface area contributed by atoms with Gasteiger partial charge in [-0.2, -0.15) is 0 Å². The number of nitrogens with one attached hydrogen (secondary N) is 1. The second-order valence-corrected chi connectivity index (χ2v) is 5.27. The van der Waals surface area contributed by atoms with Crippen molar-refractivity contribution in [1.29, 1.82) is 0 Å². The number of ether oxygens (including phenoxy) is 1. The summed E-state index contributed by atoms with van der Waals surface area (Å²) >= 11 is 3.45. The molecule has 84 valence electrons. The van der Waals surface area contributed by atoms with Crippen molar-refractivity contribution in [1.82, 2.24) is 5.32 Å². The van der Waals surface area contributed by atoms with Gasteiger partial charge in [0.15, 0.2) is 5.60 Å². The maximum atomic E-state index is 11.8. The molecule has 0 aliphatic carbocycles. The first-order chi connectivity index (χ1) is 7.71. The van der Waals surface area contributed by atoms with Crippen molar-refractivity contribution in [2.24, 2.45) is 0 Å². The molecule has 1 aromatic carbocycles. The fourth-order valence-electron chi connectivity index (χ4n) is 2.55. The molecule has 0 amide bonds. The number of carbonyl (C=O) groups excluding carboxylic acids is 1. The largest absolute Gasteiger partial charge is 0.449 e. The third kappa shape index (κ3) is 1.40. The molecule has 1 spiro atoms. The Bertz CT molecular complexity index is 452. The van der Waals surface area contributed by atoms with E-state index in [4.69, 9.17) is 4.74 Å². The van der Waals surface area contributed by atoms with Crippen LogP contribution in [0.5, 0.6) is 0 Å². The lowest BCUT2D eigenvalue weighted by molar-refractivity contribution is -0.0203. The minimum absolute atomic E-state index is 0.189. The maximum absolute atomic E-state index is 11.8. The van der Waals surface area contributed by atoms with Crippen molar-refractivity contribution in [2.45, 2.75) is 18.4 Å². The molecule has 0 radical (unpaired) electrons. The van der Waals surface area contributed by atoms with Crippen molar-refractivity contribution in [3.8, 4) is 0 Å². The standard InChI is InChI=1S/C12H12BrNO2/c13-8-2-3-9-10(6-8)12(16-11(9)15)4-1-5-14-7-12/h2-3,6,14H,1,4-5,7H2. The fraction of sp³-hybridized carbons (Fsp3) is 0.417. The summed E-state index contributed by atoms with van der Waals surface area (Å²) in [6.07, 6.45) is 1.95. The van der Waals surface area contributed by atoms with Gasteiger partial charge in [0.25, 0.3) is 0 Å². The Hall–Kier alpha value is -0.870. The predicted octanol–water partition coefficient (Wildman–Crippen LogP) is 2.20. The van der Waals surface area contributed by atoms with E-state index in [9.17, 15) is 4.79 Å². The minimum Gasteiger partial charge on any atom is -0.449 e. The SMILES string of the molecule is O=C1OC2(CCCNC2)c2cc(Br)ccc21. The van der Waals surface area contributed by atoms with E-state index < -0.39 is 5.60 Å². The summed E-state index contributed by atoms with van der Waals surface area (Å²) in [6, 6.07) is 5.73. The van der Waals surface area contributed by atoms with E-state index >= 15 is 0 Å². The van der Waals surface area contributed by atoms with Crippen LogP contribution >= 0.6 is 15.9 Å². The molecule has 1 fully saturated rings. The Morgan fingerprint density at radius 2 is 2.31 bits per heavy atom. The van der Waals surface area contributed by atoms with Gasteiger partial charge < -0.3 is 10.1 Å². The lowest BCUT2D eigenvalue weighted by Crippen LogP contribution is -2.43. The molecule has 1 aromatic rings. The third-order valence-corrected chi connectivity index (χ3v) is 3.82. The average molecular weight is 282 g/mol. The van der Waals surface area contributed by atoms with Gasteiger partial charge in [-0.25, -0.2) is 4.79 Å². The van der Waals surface area contributed by atoms with Crippen LogP contribution in [-0.2, 0) is 10.3 Å². The van der Waals surface area contributed by atoms with Crippen LogP contribution < -0.4 is 5.32 Å². The Balaban J connectivity index is 2.12. The number of esters is 1. The second kappa shape index (κ2) is 3.57. The first-order valence-corrected chi connectivity index (χ1v) is 6.25. The summed E-state index contributed by atoms with van der Waals surface area (Å²) in [5.74, 6) is -0.189. The molecule has 3 rings (SSSR count). The van der Waals surface area contributed by atoms with Gasteiger partial charge in [0.2, 0.25) is 0 Å². The number of halogens is 1. The monoisotopic (exact) mass is 281 g/mol. The van der Waals surface area contributed by atoms with E-state index in [-0.39, 0.29) is 5.97 Å². The fourth-order valence-corrected chi connectivity index (χ4v) is 2.91. The van der Waals surface area contributed by atoms with E-state index in [2.05, 4.69) is 21.2 Å². The van der Waals surface area contributed by atoms with E-state index in [1.165, 1.54) is 0 Å². The number of fused-ring (bicyclic) bond motifs is 2. The molecule has 1 atom stereocenters. The molecule has 4 heteroatoms. The van der Waals surface area contributed by atoms with Crippen molar-refractivity contribution in [2.75, 3.05) is 13.1 Å². The van der Waals surface area contributed by atoms with Crippen molar-refractivity contribution in [3.63, 3.8) is 0 Å². The highest BCUT2D eigenvalue weighted by molar-refractivity contribution is 9.10. The highest BCUT2D eigenvalue weighted by Crippen LogP contribution is 2.41. The molecule has 1 unspecified atom stereocenters. The molecule has 0 bridgehead atoms. The van der Waals surface area contributed by atoms with Crippen LogP contribution in [0.4, 0.5) is 0 Å². The summed E-state index contributed by atoms with van der Waals surface area (Å²) in [4.78, 5) is 11.8. The Kier molecular flexibility index (Phi) is 2.30. The Labute approximate surface area is 102 Å². The Morgan fingerprint density at radius 3 is 3.06 bits per heavy atom. The van der Waals surface area contributed by atoms with Crippen LogP contribution in [0.3, 0.4) is 0 Å². The summed E-state index contributed by atoms with van der Waals surface area (Å²) in [5.41, 5.74) is 1.32. The van der Waals surface area contributed by atoms with Crippen LogP contribution in [0.2, 0.25) is 0 Å². The van der Waals surface area contributed by atoms with Crippen LogP contribution in [0.1, 0.15) is 28.8 Å². The Morgan fingerprint density at radius 1 is 1.44 bits per heavy atom. The molecule has 0 saturated carbocycles. The lowest BCUT2D eigenvalue weighted by atomic mass is 9.86. The molecule has 16 heavy (non-hydrogen) atoms. The molecule has 2 aliphatic heterocycles. The highest BCUT2D eigenvalue weighted by atomic mass is 79.9. The first kappa shape index (κ1) is 10.3. The van der Waals surface area contributed by atoms with Gasteiger partial charge in [0.05, 0.1) is 5.56 Å². The molecule has 3 nitrogen and oxygen atoms in total. The number of hydrogen-bond donors (Lipinski definition) is 1. The summed E-state index contributed by atoms with van der Waals surface area (Å²) in [5, 5.41) is 3.31. The smallest absolute Gasteiger partial charge is 0.339 e. The van der Waals surface area contributed by atoms with Gasteiger partial charge in [-0.1, -0.05) is 15.9 Å². The van der Waals surface area contributed by atoms with Gasteiger partial charge in [-0.3, -0.25) is 0 Å². The first-order valence-electron chi connectivity index (χ1n) is 5.45. The van der Waals surface area contributed by atoms with Crippen molar-refractivity contribution < 1.29 is 9.53 Å². The maximum Gasteiger partial charge on any atom is 0.339 e. The van der Waals surface area contributed by atoms with E-state index in [1.54, 1.807) is 0 Å². The lowest BCUT2D eigenvalue weighted by Gasteiger charge is -2.33. The number of carbonyl (C=O) groups is 1. The highest BCUT2D eigenvalue weighted by Gasteiger charge is 2.46. The van der Waals surface area contributed by atoms with E-state index in [1.807, 2.05) is 18.2 Å². The zero-order chi connectivity index (χ0) is 11.2. The van der Waals surface area contributed by atoms with Crippen LogP contribution in [0, 0.1) is 0 Å². The van der Waals surface area contributed by atoms with Crippen LogP contribution in [-0.4, -0.2) is 19.1 Å². The molecule has 1 saturated heterocycles. The summed E-state index contributed by atoms with van der Waals surface area (Å²) in [6.45, 7) is 1.73. The molecule has 2 heterocycles. The van der Waals surface area contributed by atoms with Gasteiger partial charge in [-0.05, 0) is 37.6 Å². The zero-order valence-electron chi connectivity index (χ0n) is 8.75. The van der Waals surface area contributed by atoms with Crippen molar-refractivity contribution in [3.05, 3.63) is 33.8 Å². The topological polar surface area (TPSA) is 38.3 Å². The number of benzene rings is 1. The summed E-state index contributed by atoms with van der Waals surface area (Å²) in [7, 11) is 0. The zero-order valence-corrected chi connectivity index (χ0v) is 10.3. The molecule has 2 aliphatic rings. The molecule has 0 aromatic heterocycles. The molecular formula is C12H12BrNO2. The number of rotatable bonds is 0. The minimum atomic E-state index is -0.422. The van der Waals surface area contributed by atoms with Gasteiger partial charge in [-0.15, -0.1) is 0 Å². The number of piperidine rings is 1. The molecular weight excluding hydrogens is 270 g/mol. The van der Waals surface area contributed by atoms with Crippen LogP contribution in [0.25, 0.3) is 0 Å². The van der Waals surface area contributed by atoms with Gasteiger partial charge >= 0.3 is 5.97 Å². The third-order valence-electron chi connectivity index (χ3n) is 3.33. The predicted molar refractivity (Wildman–Crippen MR) is 63.3 cm³/mol. The van der Waals surface area contributed by atoms with Crippen LogP contribution in [0.15, 0.2) is 22.7 Å². The van der Waals surface area contributed by atoms with E-state index in [0.717, 1.165) is 36.0 Å². The second-order valence-electron chi connectivity index (χ2n) is 4.35. The van der Waals surface area contributed by atoms with Crippen molar-refractivity contribution >= 4 is 21.9 Å². The van der Waals surface area contributed by atoms with E-state index in [0.29, 0.717) is 5.56 Å². The van der Waals surface area contributed by atoms with Gasteiger partial charge in [0, 0.05) is 16.6 Å². The van der Waals surface area contributed by atoms with Gasteiger partial charge in [0.1, 0.15) is 0 Å².